The third kappa shape index (κ3) is 18.6. The molecule has 9 nitrogen and oxygen atoms in total. The van der Waals surface area contributed by atoms with Crippen LogP contribution in [0.5, 0.6) is 0 Å². The number of unbranched alkanes of at least 4 members (excludes halogenated alkanes) is 14. The van der Waals surface area contributed by atoms with E-state index in [-0.39, 0.29) is 19.2 Å². The highest BCUT2D eigenvalue weighted by molar-refractivity contribution is 5.69. The molecule has 0 aromatic rings. The van der Waals surface area contributed by atoms with E-state index in [1.807, 2.05) is 0 Å². The van der Waals surface area contributed by atoms with Gasteiger partial charge < -0.3 is 39.4 Å². The summed E-state index contributed by atoms with van der Waals surface area (Å²) in [5, 5.41) is 39.5. The number of hydrogen-bond donors (Lipinski definition) is 4. The van der Waals surface area contributed by atoms with Crippen LogP contribution in [0.3, 0.4) is 0 Å². The zero-order valence-corrected chi connectivity index (χ0v) is 26.5. The van der Waals surface area contributed by atoms with E-state index >= 15 is 0 Å². The van der Waals surface area contributed by atoms with E-state index in [2.05, 4.69) is 26.0 Å². The molecule has 1 fully saturated rings. The van der Waals surface area contributed by atoms with Crippen LogP contribution in [0.15, 0.2) is 12.2 Å². The van der Waals surface area contributed by atoms with Crippen LogP contribution in [0.4, 0.5) is 0 Å². The summed E-state index contributed by atoms with van der Waals surface area (Å²) in [7, 11) is 0. The lowest BCUT2D eigenvalue weighted by molar-refractivity contribution is -0.305. The van der Waals surface area contributed by atoms with Crippen LogP contribution in [0.2, 0.25) is 0 Å². The second-order valence-electron chi connectivity index (χ2n) is 11.6. The average Bonchev–Trinajstić information content (AvgIpc) is 2.98. The van der Waals surface area contributed by atoms with Gasteiger partial charge >= 0.3 is 5.97 Å². The van der Waals surface area contributed by atoms with E-state index in [1.54, 1.807) is 0 Å². The SMILES string of the molecule is CCCCCCCC/C=C\CCCCCCCCOCC(COC1OC(CO)C(O)C(O)C1O)OC(=O)CCCCC. The van der Waals surface area contributed by atoms with E-state index in [0.717, 1.165) is 32.1 Å². The quantitative estimate of drug-likeness (QED) is 0.0557. The lowest BCUT2D eigenvalue weighted by Crippen LogP contribution is -2.59. The molecule has 0 amide bonds. The number of rotatable bonds is 27. The highest BCUT2D eigenvalue weighted by atomic mass is 16.7. The fraction of sp³-hybridized carbons (Fsp3) is 0.909. The molecule has 0 saturated carbocycles. The van der Waals surface area contributed by atoms with Crippen molar-refractivity contribution in [1.29, 1.82) is 0 Å². The largest absolute Gasteiger partial charge is 0.457 e. The molecule has 1 heterocycles. The molecule has 42 heavy (non-hydrogen) atoms. The molecule has 6 atom stereocenters. The van der Waals surface area contributed by atoms with Crippen molar-refractivity contribution in [3.63, 3.8) is 0 Å². The zero-order chi connectivity index (χ0) is 30.8. The van der Waals surface area contributed by atoms with Crippen LogP contribution >= 0.6 is 0 Å². The first-order valence-electron chi connectivity index (χ1n) is 16.8. The number of aliphatic hydroxyl groups is 4. The van der Waals surface area contributed by atoms with Gasteiger partial charge in [-0.15, -0.1) is 0 Å². The molecule has 0 aromatic heterocycles. The van der Waals surface area contributed by atoms with Crippen LogP contribution < -0.4 is 0 Å². The van der Waals surface area contributed by atoms with Crippen LogP contribution in [0.25, 0.3) is 0 Å². The Hall–Kier alpha value is -1.07. The fourth-order valence-electron chi connectivity index (χ4n) is 4.95. The Bertz CT molecular complexity index is 657. The fourth-order valence-corrected chi connectivity index (χ4v) is 4.95. The Morgan fingerprint density at radius 3 is 1.93 bits per heavy atom. The summed E-state index contributed by atoms with van der Waals surface area (Å²) in [4.78, 5) is 12.3. The van der Waals surface area contributed by atoms with Crippen LogP contribution in [0.1, 0.15) is 129 Å². The summed E-state index contributed by atoms with van der Waals surface area (Å²) in [5.74, 6) is -0.341. The normalized spacial score (nSPS) is 23.4. The van der Waals surface area contributed by atoms with Gasteiger partial charge in [0, 0.05) is 13.0 Å². The maximum Gasteiger partial charge on any atom is 0.306 e. The standard InChI is InChI=1S/C33H62O9/c1-3-5-7-8-9-10-11-12-13-14-15-16-17-18-19-21-23-39-25-27(41-29(35)22-20-6-4-2)26-40-33-32(38)31(37)30(36)28(24-34)42-33/h12-13,27-28,30-34,36-38H,3-11,14-26H2,1-2H3/b13-12-. The van der Waals surface area contributed by atoms with Crippen molar-refractivity contribution in [1.82, 2.24) is 0 Å². The first-order chi connectivity index (χ1) is 20.4. The monoisotopic (exact) mass is 602 g/mol. The Kier molecular flexibility index (Phi) is 24.4. The Morgan fingerprint density at radius 2 is 1.31 bits per heavy atom. The summed E-state index contributed by atoms with van der Waals surface area (Å²) >= 11 is 0. The lowest BCUT2D eigenvalue weighted by atomic mass is 9.99. The molecule has 0 spiro atoms. The van der Waals surface area contributed by atoms with E-state index in [1.165, 1.54) is 77.0 Å². The van der Waals surface area contributed by atoms with E-state index in [0.29, 0.717) is 13.0 Å². The van der Waals surface area contributed by atoms with Crippen molar-refractivity contribution in [2.24, 2.45) is 0 Å². The number of hydrogen-bond acceptors (Lipinski definition) is 9. The van der Waals surface area contributed by atoms with Gasteiger partial charge in [0.15, 0.2) is 6.29 Å². The van der Waals surface area contributed by atoms with Gasteiger partial charge in [0.25, 0.3) is 0 Å². The van der Waals surface area contributed by atoms with E-state index < -0.39 is 43.4 Å². The molecule has 248 valence electrons. The molecule has 1 rings (SSSR count). The number of esters is 1. The molecule has 1 aliphatic rings. The van der Waals surface area contributed by atoms with Crippen LogP contribution in [-0.4, -0.2) is 89.6 Å². The summed E-state index contributed by atoms with van der Waals surface area (Å²) in [6.07, 6.45) is 17.5. The molecular formula is C33H62O9. The van der Waals surface area contributed by atoms with Gasteiger partial charge in [-0.05, 0) is 38.5 Å². The highest BCUT2D eigenvalue weighted by Crippen LogP contribution is 2.22. The zero-order valence-electron chi connectivity index (χ0n) is 26.5. The molecule has 6 unspecified atom stereocenters. The molecule has 4 N–H and O–H groups in total. The second kappa shape index (κ2) is 26.3. The van der Waals surface area contributed by atoms with Crippen molar-refractivity contribution >= 4 is 5.97 Å². The highest BCUT2D eigenvalue weighted by Gasteiger charge is 2.44. The van der Waals surface area contributed by atoms with Gasteiger partial charge in [-0.25, -0.2) is 0 Å². The minimum atomic E-state index is -1.53. The molecular weight excluding hydrogens is 540 g/mol. The molecule has 0 radical (unpaired) electrons. The van der Waals surface area contributed by atoms with Gasteiger partial charge in [-0.2, -0.15) is 0 Å². The number of ether oxygens (including phenoxy) is 4. The van der Waals surface area contributed by atoms with Gasteiger partial charge in [-0.1, -0.05) is 96.6 Å². The third-order valence-electron chi connectivity index (χ3n) is 7.68. The Balaban J connectivity index is 2.22. The predicted molar refractivity (Wildman–Crippen MR) is 164 cm³/mol. The first-order valence-corrected chi connectivity index (χ1v) is 16.8. The minimum Gasteiger partial charge on any atom is -0.457 e. The maximum atomic E-state index is 12.3. The van der Waals surface area contributed by atoms with Crippen LogP contribution in [0, 0.1) is 0 Å². The summed E-state index contributed by atoms with van der Waals surface area (Å²) in [5.41, 5.74) is 0. The molecule has 0 aromatic carbocycles. The van der Waals surface area contributed by atoms with Gasteiger partial charge in [0.2, 0.25) is 0 Å². The minimum absolute atomic E-state index is 0.115. The number of carbonyl (C=O) groups is 1. The molecule has 0 aliphatic carbocycles. The van der Waals surface area contributed by atoms with Gasteiger partial charge in [0.1, 0.15) is 30.5 Å². The summed E-state index contributed by atoms with van der Waals surface area (Å²) in [6, 6.07) is 0. The Morgan fingerprint density at radius 1 is 0.738 bits per heavy atom. The van der Waals surface area contributed by atoms with Gasteiger partial charge in [0.05, 0.1) is 19.8 Å². The number of aliphatic hydroxyl groups excluding tert-OH is 4. The number of allylic oxidation sites excluding steroid dienone is 2. The summed E-state index contributed by atoms with van der Waals surface area (Å²) < 4.78 is 22.4. The van der Waals surface area contributed by atoms with Crippen molar-refractivity contribution in [2.45, 2.75) is 166 Å². The third-order valence-corrected chi connectivity index (χ3v) is 7.68. The van der Waals surface area contributed by atoms with E-state index in [9.17, 15) is 25.2 Å². The van der Waals surface area contributed by atoms with Crippen molar-refractivity contribution in [3.8, 4) is 0 Å². The predicted octanol–water partition coefficient (Wildman–Crippen LogP) is 5.35. The first kappa shape index (κ1) is 39.0. The van der Waals surface area contributed by atoms with E-state index in [4.69, 9.17) is 18.9 Å². The van der Waals surface area contributed by atoms with Crippen molar-refractivity contribution in [2.75, 3.05) is 26.4 Å². The smallest absolute Gasteiger partial charge is 0.306 e. The molecule has 0 bridgehead atoms. The summed E-state index contributed by atoms with van der Waals surface area (Å²) in [6.45, 7) is 4.35. The van der Waals surface area contributed by atoms with Gasteiger partial charge in [-0.3, -0.25) is 4.79 Å². The van der Waals surface area contributed by atoms with Crippen molar-refractivity contribution < 1.29 is 44.2 Å². The molecule has 9 heteroatoms. The average molecular weight is 603 g/mol. The lowest BCUT2D eigenvalue weighted by Gasteiger charge is -2.39. The van der Waals surface area contributed by atoms with Crippen LogP contribution in [-0.2, 0) is 23.7 Å². The Labute approximate surface area is 255 Å². The molecule has 1 saturated heterocycles. The maximum absolute atomic E-state index is 12.3. The molecule has 1 aliphatic heterocycles. The topological polar surface area (TPSA) is 135 Å². The second-order valence-corrected chi connectivity index (χ2v) is 11.6. The number of carbonyl (C=O) groups excluding carboxylic acids is 1. The van der Waals surface area contributed by atoms with Crippen molar-refractivity contribution in [3.05, 3.63) is 12.2 Å².